The summed E-state index contributed by atoms with van der Waals surface area (Å²) in [5, 5.41) is 9.16. The van der Waals surface area contributed by atoms with Gasteiger partial charge in [-0.3, -0.25) is 4.79 Å². The van der Waals surface area contributed by atoms with Gasteiger partial charge in [0, 0.05) is 36.3 Å². The molecule has 6 nitrogen and oxygen atoms in total. The molecule has 1 aliphatic carbocycles. The van der Waals surface area contributed by atoms with E-state index < -0.39 is 12.1 Å². The van der Waals surface area contributed by atoms with Crippen molar-refractivity contribution < 1.29 is 33.2 Å². The molecule has 2 aliphatic heterocycles. The Morgan fingerprint density at radius 3 is 2.55 bits per heavy atom. The molecule has 0 bridgehead atoms. The summed E-state index contributed by atoms with van der Waals surface area (Å²) in [4.78, 5) is 11.2. The topological polar surface area (TPSA) is 74.2 Å². The van der Waals surface area contributed by atoms with E-state index in [1.54, 1.807) is 12.1 Å². The summed E-state index contributed by atoms with van der Waals surface area (Å²) in [5.74, 6) is 1.35. The van der Waals surface area contributed by atoms with Gasteiger partial charge in [-0.1, -0.05) is 12.1 Å². The fraction of sp³-hybridized carbons (Fsp3) is 0.424. The predicted molar refractivity (Wildman–Crippen MR) is 149 cm³/mol. The van der Waals surface area contributed by atoms with E-state index in [1.165, 1.54) is 0 Å². The highest BCUT2D eigenvalue weighted by atomic mass is 19.1. The van der Waals surface area contributed by atoms with Crippen LogP contribution < -0.4 is 14.2 Å². The highest BCUT2D eigenvalue weighted by molar-refractivity contribution is 5.76. The summed E-state index contributed by atoms with van der Waals surface area (Å²) in [5.41, 5.74) is 6.85. The predicted octanol–water partition coefficient (Wildman–Crippen LogP) is 6.93. The number of aliphatic carboxylic acids is 1. The number of rotatable bonds is 8. The normalized spacial score (nSPS) is 20.1. The van der Waals surface area contributed by atoms with Crippen LogP contribution in [0.2, 0.25) is 0 Å². The van der Waals surface area contributed by atoms with E-state index in [9.17, 15) is 4.79 Å². The van der Waals surface area contributed by atoms with E-state index in [-0.39, 0.29) is 18.2 Å². The molecule has 7 heteroatoms. The second kappa shape index (κ2) is 11.1. The molecule has 1 fully saturated rings. The lowest BCUT2D eigenvalue weighted by atomic mass is 9.90. The second-order valence-electron chi connectivity index (χ2n) is 11.2. The van der Waals surface area contributed by atoms with Gasteiger partial charge in [0.2, 0.25) is 0 Å². The van der Waals surface area contributed by atoms with Gasteiger partial charge in [-0.05, 0) is 97.5 Å². The first-order valence-electron chi connectivity index (χ1n) is 14.2. The van der Waals surface area contributed by atoms with Crippen LogP contribution in [0, 0.1) is 25.6 Å². The summed E-state index contributed by atoms with van der Waals surface area (Å²) in [6.45, 7) is 6.82. The van der Waals surface area contributed by atoms with Gasteiger partial charge in [-0.15, -0.1) is 0 Å². The van der Waals surface area contributed by atoms with E-state index in [0.717, 1.165) is 71.6 Å². The third-order valence-electron chi connectivity index (χ3n) is 8.45. The molecule has 0 amide bonds. The Labute approximate surface area is 234 Å². The van der Waals surface area contributed by atoms with Crippen LogP contribution in [0.15, 0.2) is 42.5 Å². The van der Waals surface area contributed by atoms with Crippen molar-refractivity contribution >= 4 is 5.97 Å². The molecule has 210 valence electrons. The van der Waals surface area contributed by atoms with Crippen LogP contribution in [0.4, 0.5) is 4.39 Å². The molecule has 0 aromatic heterocycles. The molecule has 3 aliphatic rings. The van der Waals surface area contributed by atoms with Crippen molar-refractivity contribution in [3.05, 3.63) is 76.1 Å². The molecule has 0 spiro atoms. The monoisotopic (exact) mass is 546 g/mol. The zero-order valence-corrected chi connectivity index (χ0v) is 23.0. The summed E-state index contributed by atoms with van der Waals surface area (Å²) in [6, 6.07) is 13.1. The Balaban J connectivity index is 1.22. The first-order chi connectivity index (χ1) is 19.4. The van der Waals surface area contributed by atoms with Gasteiger partial charge in [0.05, 0.1) is 19.6 Å². The van der Waals surface area contributed by atoms with Crippen molar-refractivity contribution in [2.24, 2.45) is 5.92 Å². The van der Waals surface area contributed by atoms with Crippen LogP contribution in [0.3, 0.4) is 0 Å². The van der Waals surface area contributed by atoms with Crippen LogP contribution in [-0.2, 0) is 16.0 Å². The number of hydrogen-bond acceptors (Lipinski definition) is 5. The van der Waals surface area contributed by atoms with Crippen LogP contribution in [0.1, 0.15) is 65.5 Å². The fourth-order valence-electron chi connectivity index (χ4n) is 6.46. The van der Waals surface area contributed by atoms with E-state index in [4.69, 9.17) is 24.1 Å². The van der Waals surface area contributed by atoms with Crippen molar-refractivity contribution in [1.29, 1.82) is 0 Å². The van der Waals surface area contributed by atoms with Gasteiger partial charge in [-0.25, -0.2) is 4.39 Å². The minimum Gasteiger partial charge on any atom is -0.493 e. The van der Waals surface area contributed by atoms with E-state index in [2.05, 4.69) is 26.0 Å². The minimum atomic E-state index is -0.849. The molecule has 1 saturated heterocycles. The molecule has 2 unspecified atom stereocenters. The number of hydrogen-bond donors (Lipinski definition) is 1. The molecular weight excluding hydrogens is 511 g/mol. The Hall–Kier alpha value is -3.58. The van der Waals surface area contributed by atoms with Crippen molar-refractivity contribution in [3.63, 3.8) is 0 Å². The van der Waals surface area contributed by atoms with E-state index in [0.29, 0.717) is 42.6 Å². The van der Waals surface area contributed by atoms with Gasteiger partial charge in [0.1, 0.15) is 29.2 Å². The third-order valence-corrected chi connectivity index (χ3v) is 8.45. The molecule has 1 N–H and O–H groups in total. The number of benzene rings is 3. The van der Waals surface area contributed by atoms with Crippen molar-refractivity contribution in [2.75, 3.05) is 26.4 Å². The summed E-state index contributed by atoms with van der Waals surface area (Å²) in [6.07, 6.45) is 3.07. The zero-order chi connectivity index (χ0) is 27.8. The maximum absolute atomic E-state index is 15.3. The van der Waals surface area contributed by atoms with Gasteiger partial charge >= 0.3 is 5.97 Å². The van der Waals surface area contributed by atoms with Crippen LogP contribution in [-0.4, -0.2) is 37.5 Å². The highest BCUT2D eigenvalue weighted by Crippen LogP contribution is 2.45. The lowest BCUT2D eigenvalue weighted by Gasteiger charge is -2.23. The third kappa shape index (κ3) is 5.27. The summed E-state index contributed by atoms with van der Waals surface area (Å²) < 4.78 is 39.0. The maximum atomic E-state index is 15.3. The SMILES string of the molecule is Cc1cc(OCC2CCOCC2)cc(C)c1-c1ccc(F)c2c1CCC2Oc1ccc2c(c1)OCC2CC(=O)O. The fourth-order valence-corrected chi connectivity index (χ4v) is 6.46. The lowest BCUT2D eigenvalue weighted by Crippen LogP contribution is -2.21. The number of halogens is 1. The average molecular weight is 547 g/mol. The van der Waals surface area contributed by atoms with Crippen LogP contribution in [0.25, 0.3) is 11.1 Å². The zero-order valence-electron chi connectivity index (χ0n) is 23.0. The smallest absolute Gasteiger partial charge is 0.304 e. The summed E-state index contributed by atoms with van der Waals surface area (Å²) in [7, 11) is 0. The molecule has 0 radical (unpaired) electrons. The van der Waals surface area contributed by atoms with Crippen molar-refractivity contribution in [3.8, 4) is 28.4 Å². The average Bonchev–Trinajstić information content (AvgIpc) is 3.53. The Morgan fingerprint density at radius 1 is 1.02 bits per heavy atom. The van der Waals surface area contributed by atoms with Crippen LogP contribution >= 0.6 is 0 Å². The van der Waals surface area contributed by atoms with Gasteiger partial charge in [0.25, 0.3) is 0 Å². The van der Waals surface area contributed by atoms with E-state index in [1.807, 2.05) is 18.2 Å². The molecule has 40 heavy (non-hydrogen) atoms. The number of ether oxygens (including phenoxy) is 4. The Morgan fingerprint density at radius 2 is 1.80 bits per heavy atom. The van der Waals surface area contributed by atoms with E-state index >= 15 is 4.39 Å². The second-order valence-corrected chi connectivity index (χ2v) is 11.2. The molecule has 0 saturated carbocycles. The number of carboxylic acid groups (broad SMARTS) is 1. The summed E-state index contributed by atoms with van der Waals surface area (Å²) >= 11 is 0. The molecule has 3 aromatic rings. The van der Waals surface area contributed by atoms with Gasteiger partial charge < -0.3 is 24.1 Å². The number of aryl methyl sites for hydroxylation is 2. The molecule has 6 rings (SSSR count). The van der Waals surface area contributed by atoms with Crippen LogP contribution in [0.5, 0.6) is 17.2 Å². The Bertz CT molecular complexity index is 1400. The molecule has 2 atom stereocenters. The molecular formula is C33H35FO6. The van der Waals surface area contributed by atoms with Gasteiger partial charge in [-0.2, -0.15) is 0 Å². The molecule has 3 aromatic carbocycles. The maximum Gasteiger partial charge on any atom is 0.304 e. The van der Waals surface area contributed by atoms with Gasteiger partial charge in [0.15, 0.2) is 0 Å². The first kappa shape index (κ1) is 26.6. The number of fused-ring (bicyclic) bond motifs is 2. The number of carboxylic acids is 1. The first-order valence-corrected chi connectivity index (χ1v) is 14.2. The largest absolute Gasteiger partial charge is 0.493 e. The van der Waals surface area contributed by atoms with Crippen molar-refractivity contribution in [1.82, 2.24) is 0 Å². The quantitative estimate of drug-likeness (QED) is 0.330. The molecule has 2 heterocycles. The lowest BCUT2D eigenvalue weighted by molar-refractivity contribution is -0.137. The standard InChI is InChI=1S/C33H35FO6/c1-19-13-24(38-17-21-9-11-37-12-10-21)14-20(2)32(19)26-5-7-28(34)33-27(26)6-8-29(33)40-23-3-4-25-22(15-31(35)36)18-39-30(25)16-23/h3-5,7,13-14,16,21-22,29H,6,8-12,15,17-18H2,1-2H3,(H,35,36). The van der Waals surface area contributed by atoms with Crippen molar-refractivity contribution in [2.45, 2.75) is 58.0 Å². The minimum absolute atomic E-state index is 0.0269. The highest BCUT2D eigenvalue weighted by Gasteiger charge is 2.32. The Kier molecular flexibility index (Phi) is 7.41. The number of carbonyl (C=O) groups is 1.